The molecule has 0 aliphatic carbocycles. The van der Waals surface area contributed by atoms with E-state index in [-0.39, 0.29) is 0 Å². The number of aromatic nitrogens is 4. The van der Waals surface area contributed by atoms with Crippen LogP contribution in [0, 0.1) is 0 Å². The number of benzene rings is 1. The minimum Gasteiger partial charge on any atom is -0.161 e. The van der Waals surface area contributed by atoms with Gasteiger partial charge in [-0.05, 0) is 18.6 Å². The van der Waals surface area contributed by atoms with Crippen LogP contribution in [0.15, 0.2) is 30.3 Å². The molecule has 1 atom stereocenters. The van der Waals surface area contributed by atoms with Crippen LogP contribution < -0.4 is 0 Å². The van der Waals surface area contributed by atoms with Gasteiger partial charge in [-0.2, -0.15) is 4.80 Å². The van der Waals surface area contributed by atoms with Gasteiger partial charge in [0.25, 0.3) is 0 Å². The van der Waals surface area contributed by atoms with Gasteiger partial charge < -0.3 is 0 Å². The van der Waals surface area contributed by atoms with Crippen molar-refractivity contribution in [1.29, 1.82) is 0 Å². The highest BCUT2D eigenvalue weighted by Gasteiger charge is 2.08. The van der Waals surface area contributed by atoms with E-state index in [1.54, 1.807) is 4.80 Å². The highest BCUT2D eigenvalue weighted by molar-refractivity contribution is 5.52. The standard InChI is InChI=1S/C11H14N4/c1-3-9(2)15-13-11(12-14-15)10-7-5-4-6-8-10/h4-9H,3H2,1-2H3. The molecule has 15 heavy (non-hydrogen) atoms. The second kappa shape index (κ2) is 4.21. The lowest BCUT2D eigenvalue weighted by Crippen LogP contribution is -2.07. The molecule has 0 aliphatic rings. The summed E-state index contributed by atoms with van der Waals surface area (Å²) < 4.78 is 0. The van der Waals surface area contributed by atoms with Gasteiger partial charge in [-0.25, -0.2) is 0 Å². The fourth-order valence-corrected chi connectivity index (χ4v) is 1.28. The molecule has 0 saturated heterocycles. The maximum atomic E-state index is 4.35. The zero-order chi connectivity index (χ0) is 10.7. The molecule has 0 saturated carbocycles. The lowest BCUT2D eigenvalue weighted by atomic mass is 10.2. The van der Waals surface area contributed by atoms with Gasteiger partial charge in [0.15, 0.2) is 0 Å². The van der Waals surface area contributed by atoms with E-state index in [0.717, 1.165) is 12.0 Å². The van der Waals surface area contributed by atoms with Crippen molar-refractivity contribution >= 4 is 0 Å². The van der Waals surface area contributed by atoms with E-state index >= 15 is 0 Å². The van der Waals surface area contributed by atoms with Crippen molar-refractivity contribution in [3.63, 3.8) is 0 Å². The second-order valence-electron chi connectivity index (χ2n) is 3.56. The van der Waals surface area contributed by atoms with Crippen LogP contribution in [0.4, 0.5) is 0 Å². The Morgan fingerprint density at radius 3 is 2.67 bits per heavy atom. The monoisotopic (exact) mass is 202 g/mol. The third-order valence-corrected chi connectivity index (χ3v) is 2.45. The molecule has 0 amide bonds. The number of rotatable bonds is 3. The Labute approximate surface area is 88.9 Å². The Balaban J connectivity index is 2.28. The van der Waals surface area contributed by atoms with Crippen molar-refractivity contribution in [2.45, 2.75) is 26.3 Å². The van der Waals surface area contributed by atoms with E-state index in [2.05, 4.69) is 29.3 Å². The second-order valence-corrected chi connectivity index (χ2v) is 3.56. The van der Waals surface area contributed by atoms with Crippen LogP contribution in [0.5, 0.6) is 0 Å². The summed E-state index contributed by atoms with van der Waals surface area (Å²) in [5.41, 5.74) is 1.01. The molecular formula is C11H14N4. The fourth-order valence-electron chi connectivity index (χ4n) is 1.28. The van der Waals surface area contributed by atoms with Crippen molar-refractivity contribution in [1.82, 2.24) is 20.2 Å². The molecule has 0 N–H and O–H groups in total. The Bertz CT molecular complexity index is 421. The van der Waals surface area contributed by atoms with E-state index in [1.807, 2.05) is 30.3 Å². The Morgan fingerprint density at radius 1 is 1.27 bits per heavy atom. The average Bonchev–Trinajstić information content (AvgIpc) is 2.78. The molecule has 0 fully saturated rings. The lowest BCUT2D eigenvalue weighted by molar-refractivity contribution is 0.414. The molecule has 2 aromatic rings. The summed E-state index contributed by atoms with van der Waals surface area (Å²) in [4.78, 5) is 1.67. The van der Waals surface area contributed by atoms with Crippen molar-refractivity contribution < 1.29 is 0 Å². The third kappa shape index (κ3) is 2.03. The molecule has 2 rings (SSSR count). The van der Waals surface area contributed by atoms with E-state index in [9.17, 15) is 0 Å². The average molecular weight is 202 g/mol. The van der Waals surface area contributed by atoms with Crippen LogP contribution in [-0.2, 0) is 0 Å². The molecule has 4 nitrogen and oxygen atoms in total. The van der Waals surface area contributed by atoms with E-state index in [0.29, 0.717) is 11.9 Å². The zero-order valence-corrected chi connectivity index (χ0v) is 8.96. The molecule has 1 unspecified atom stereocenters. The van der Waals surface area contributed by atoms with Crippen LogP contribution in [-0.4, -0.2) is 20.2 Å². The van der Waals surface area contributed by atoms with E-state index in [4.69, 9.17) is 0 Å². The lowest BCUT2D eigenvalue weighted by Gasteiger charge is -2.03. The van der Waals surface area contributed by atoms with Gasteiger partial charge in [-0.3, -0.25) is 0 Å². The molecule has 1 heterocycles. The predicted octanol–water partition coefficient (Wildman–Crippen LogP) is 2.31. The van der Waals surface area contributed by atoms with Crippen molar-refractivity contribution in [3.8, 4) is 11.4 Å². The first-order chi connectivity index (χ1) is 7.31. The fraction of sp³-hybridized carbons (Fsp3) is 0.364. The smallest absolute Gasteiger partial charge is 0.161 e. The summed E-state index contributed by atoms with van der Waals surface area (Å²) in [5.74, 6) is 0.691. The first-order valence-corrected chi connectivity index (χ1v) is 5.16. The van der Waals surface area contributed by atoms with Crippen LogP contribution in [0.3, 0.4) is 0 Å². The molecule has 0 bridgehead atoms. The van der Waals surface area contributed by atoms with Crippen molar-refractivity contribution in [2.75, 3.05) is 0 Å². The molecule has 0 aliphatic heterocycles. The van der Waals surface area contributed by atoms with Crippen molar-refractivity contribution in [3.05, 3.63) is 30.3 Å². The molecule has 4 heteroatoms. The van der Waals surface area contributed by atoms with Gasteiger partial charge in [0, 0.05) is 5.56 Å². The predicted molar refractivity (Wildman–Crippen MR) is 58.3 cm³/mol. The Kier molecular flexibility index (Phi) is 2.76. The maximum absolute atomic E-state index is 4.35. The highest BCUT2D eigenvalue weighted by Crippen LogP contribution is 2.14. The number of hydrogen-bond acceptors (Lipinski definition) is 3. The van der Waals surface area contributed by atoms with Gasteiger partial charge in [0.2, 0.25) is 5.82 Å². The van der Waals surface area contributed by atoms with E-state index in [1.165, 1.54) is 0 Å². The summed E-state index contributed by atoms with van der Waals surface area (Å²) in [5, 5.41) is 12.4. The van der Waals surface area contributed by atoms with Gasteiger partial charge in [0.05, 0.1) is 6.04 Å². The molecular weight excluding hydrogens is 188 g/mol. The summed E-state index contributed by atoms with van der Waals surface area (Å²) in [6.45, 7) is 4.19. The van der Waals surface area contributed by atoms with Gasteiger partial charge in [-0.15, -0.1) is 10.2 Å². The summed E-state index contributed by atoms with van der Waals surface area (Å²) >= 11 is 0. The molecule has 0 spiro atoms. The number of tetrazole rings is 1. The minimum absolute atomic E-state index is 0.301. The van der Waals surface area contributed by atoms with Crippen molar-refractivity contribution in [2.24, 2.45) is 0 Å². The largest absolute Gasteiger partial charge is 0.204 e. The highest BCUT2D eigenvalue weighted by atomic mass is 15.6. The summed E-state index contributed by atoms with van der Waals surface area (Å²) in [6, 6.07) is 10.2. The van der Waals surface area contributed by atoms with Gasteiger partial charge in [0.1, 0.15) is 0 Å². The first-order valence-electron chi connectivity index (χ1n) is 5.16. The van der Waals surface area contributed by atoms with Gasteiger partial charge in [-0.1, -0.05) is 37.3 Å². The SMILES string of the molecule is CCC(C)n1nnc(-c2ccccc2)n1. The molecule has 1 aromatic heterocycles. The molecule has 1 aromatic carbocycles. The quantitative estimate of drug-likeness (QED) is 0.767. The topological polar surface area (TPSA) is 43.6 Å². The number of nitrogens with zero attached hydrogens (tertiary/aromatic N) is 4. The number of hydrogen-bond donors (Lipinski definition) is 0. The normalized spacial score (nSPS) is 12.7. The Morgan fingerprint density at radius 2 is 2.00 bits per heavy atom. The third-order valence-electron chi connectivity index (χ3n) is 2.45. The summed E-state index contributed by atoms with van der Waals surface area (Å²) in [6.07, 6.45) is 1.00. The van der Waals surface area contributed by atoms with Crippen LogP contribution in [0.25, 0.3) is 11.4 Å². The van der Waals surface area contributed by atoms with Crippen LogP contribution >= 0.6 is 0 Å². The first kappa shape index (κ1) is 9.83. The molecule has 78 valence electrons. The minimum atomic E-state index is 0.301. The van der Waals surface area contributed by atoms with E-state index < -0.39 is 0 Å². The zero-order valence-electron chi connectivity index (χ0n) is 8.96. The summed E-state index contributed by atoms with van der Waals surface area (Å²) in [7, 11) is 0. The Hall–Kier alpha value is -1.71. The van der Waals surface area contributed by atoms with Gasteiger partial charge >= 0.3 is 0 Å². The maximum Gasteiger partial charge on any atom is 0.204 e. The van der Waals surface area contributed by atoms with Crippen LogP contribution in [0.2, 0.25) is 0 Å². The van der Waals surface area contributed by atoms with Crippen LogP contribution in [0.1, 0.15) is 26.3 Å². The molecule has 0 radical (unpaired) electrons.